The molecule has 3 rings (SSSR count). The van der Waals surface area contributed by atoms with Crippen LogP contribution in [0.25, 0.3) is 0 Å². The lowest BCUT2D eigenvalue weighted by atomic mass is 9.73. The number of carbonyl (C=O) groups is 1. The van der Waals surface area contributed by atoms with Gasteiger partial charge in [-0.25, -0.2) is 4.79 Å². The molecule has 2 aliphatic rings. The quantitative estimate of drug-likeness (QED) is 0.924. The Labute approximate surface area is 125 Å². The van der Waals surface area contributed by atoms with E-state index in [1.165, 1.54) is 38.5 Å². The molecule has 1 aliphatic carbocycles. The minimum atomic E-state index is -0.936. The highest BCUT2D eigenvalue weighted by Gasteiger charge is 2.43. The van der Waals surface area contributed by atoms with Crippen LogP contribution in [0.1, 0.15) is 38.5 Å². The average molecular weight is 289 g/mol. The molecule has 4 heteroatoms. The molecule has 0 unspecified atom stereocenters. The number of aliphatic carboxylic acids is 1. The largest absolute Gasteiger partial charge is 0.480 e. The van der Waals surface area contributed by atoms with E-state index in [1.54, 1.807) is 0 Å². The number of carboxylic acids is 1. The Morgan fingerprint density at radius 1 is 1.14 bits per heavy atom. The predicted octanol–water partition coefficient (Wildman–Crippen LogP) is 3.31. The molecule has 114 valence electrons. The van der Waals surface area contributed by atoms with Crippen LogP contribution in [0.5, 0.6) is 5.75 Å². The highest BCUT2D eigenvalue weighted by Crippen LogP contribution is 2.46. The zero-order chi connectivity index (χ0) is 14.7. The summed E-state index contributed by atoms with van der Waals surface area (Å²) in [6.45, 7) is 1.89. The first-order valence-corrected chi connectivity index (χ1v) is 7.87. The monoisotopic (exact) mass is 289 g/mol. The number of benzene rings is 1. The first-order chi connectivity index (χ1) is 10.2. The minimum absolute atomic E-state index is 0.282. The molecule has 0 radical (unpaired) electrons. The number of hydrogen-bond donors (Lipinski definition) is 1. The van der Waals surface area contributed by atoms with Gasteiger partial charge in [-0.1, -0.05) is 37.8 Å². The van der Waals surface area contributed by atoms with Gasteiger partial charge >= 0.3 is 5.97 Å². The highest BCUT2D eigenvalue weighted by molar-refractivity contribution is 5.69. The van der Waals surface area contributed by atoms with Crippen LogP contribution < -0.4 is 9.64 Å². The summed E-state index contributed by atoms with van der Waals surface area (Å²) in [5.41, 5.74) is 1.53. The van der Waals surface area contributed by atoms with Gasteiger partial charge in [-0.2, -0.15) is 0 Å². The third-order valence-corrected chi connectivity index (χ3v) is 4.77. The van der Waals surface area contributed by atoms with E-state index in [4.69, 9.17) is 9.84 Å². The Kier molecular flexibility index (Phi) is 4.04. The van der Waals surface area contributed by atoms with Crippen LogP contribution in [0.4, 0.5) is 5.69 Å². The maximum Gasteiger partial charge on any atom is 0.341 e. The molecule has 1 aliphatic heterocycles. The van der Waals surface area contributed by atoms with E-state index in [9.17, 15) is 4.79 Å². The number of hydrogen-bond acceptors (Lipinski definition) is 3. The maximum atomic E-state index is 10.7. The molecule has 1 aromatic rings. The van der Waals surface area contributed by atoms with Gasteiger partial charge in [-0.3, -0.25) is 0 Å². The lowest BCUT2D eigenvalue weighted by Gasteiger charge is -2.52. The molecule has 0 atom stereocenters. The summed E-state index contributed by atoms with van der Waals surface area (Å²) in [4.78, 5) is 13.0. The summed E-state index contributed by atoms with van der Waals surface area (Å²) >= 11 is 0. The Morgan fingerprint density at radius 2 is 1.81 bits per heavy atom. The second-order valence-corrected chi connectivity index (χ2v) is 6.42. The van der Waals surface area contributed by atoms with Crippen molar-refractivity contribution in [2.24, 2.45) is 5.41 Å². The normalized spacial score (nSPS) is 20.7. The molecule has 2 fully saturated rings. The third kappa shape index (κ3) is 3.14. The topological polar surface area (TPSA) is 49.8 Å². The molecule has 1 saturated carbocycles. The summed E-state index contributed by atoms with van der Waals surface area (Å²) in [5, 5.41) is 8.77. The van der Waals surface area contributed by atoms with E-state index in [1.807, 2.05) is 24.3 Å². The van der Waals surface area contributed by atoms with Gasteiger partial charge in [0.25, 0.3) is 0 Å². The van der Waals surface area contributed by atoms with Gasteiger partial charge in [0.2, 0.25) is 0 Å². The Balaban J connectivity index is 1.67. The average Bonchev–Trinajstić information content (AvgIpc) is 2.70. The smallest absolute Gasteiger partial charge is 0.341 e. The molecule has 1 saturated heterocycles. The molecule has 0 amide bonds. The number of para-hydroxylation sites is 2. The van der Waals surface area contributed by atoms with Gasteiger partial charge in [0.15, 0.2) is 6.61 Å². The fourth-order valence-corrected chi connectivity index (χ4v) is 3.71. The zero-order valence-electron chi connectivity index (χ0n) is 12.4. The van der Waals surface area contributed by atoms with Crippen LogP contribution in [-0.2, 0) is 4.79 Å². The molecule has 1 aromatic carbocycles. The second-order valence-electron chi connectivity index (χ2n) is 6.42. The third-order valence-electron chi connectivity index (χ3n) is 4.77. The molecular weight excluding hydrogens is 266 g/mol. The molecule has 1 N–H and O–H groups in total. The molecule has 0 bridgehead atoms. The fraction of sp³-hybridized carbons (Fsp3) is 0.588. The Morgan fingerprint density at radius 3 is 2.48 bits per heavy atom. The summed E-state index contributed by atoms with van der Waals surface area (Å²) in [7, 11) is 0. The van der Waals surface area contributed by atoms with Crippen LogP contribution in [-0.4, -0.2) is 30.8 Å². The SMILES string of the molecule is O=C(O)COc1ccccc1N1CC2(CCCCCC2)C1. The predicted molar refractivity (Wildman–Crippen MR) is 81.9 cm³/mol. The molecular formula is C17H23NO3. The second kappa shape index (κ2) is 5.96. The van der Waals surface area contributed by atoms with Gasteiger partial charge < -0.3 is 14.7 Å². The van der Waals surface area contributed by atoms with E-state index >= 15 is 0 Å². The van der Waals surface area contributed by atoms with Crippen molar-refractivity contribution in [3.63, 3.8) is 0 Å². The molecule has 0 aromatic heterocycles. The zero-order valence-corrected chi connectivity index (χ0v) is 12.4. The Hall–Kier alpha value is -1.71. The lowest BCUT2D eigenvalue weighted by molar-refractivity contribution is -0.139. The number of ether oxygens (including phenoxy) is 1. The summed E-state index contributed by atoms with van der Waals surface area (Å²) in [5.74, 6) is -0.253. The summed E-state index contributed by atoms with van der Waals surface area (Å²) < 4.78 is 5.41. The van der Waals surface area contributed by atoms with Crippen LogP contribution in [0, 0.1) is 5.41 Å². The summed E-state index contributed by atoms with van der Waals surface area (Å²) in [6.07, 6.45) is 8.12. The first kappa shape index (κ1) is 14.2. The molecule has 4 nitrogen and oxygen atoms in total. The van der Waals surface area contributed by atoms with Crippen molar-refractivity contribution in [1.29, 1.82) is 0 Å². The van der Waals surface area contributed by atoms with Gasteiger partial charge in [-0.15, -0.1) is 0 Å². The first-order valence-electron chi connectivity index (χ1n) is 7.87. The highest BCUT2D eigenvalue weighted by atomic mass is 16.5. The number of rotatable bonds is 4. The molecule has 21 heavy (non-hydrogen) atoms. The van der Waals surface area contributed by atoms with Crippen molar-refractivity contribution in [2.45, 2.75) is 38.5 Å². The van der Waals surface area contributed by atoms with Crippen LogP contribution in [0.3, 0.4) is 0 Å². The molecule has 1 heterocycles. The van der Waals surface area contributed by atoms with E-state index in [0.29, 0.717) is 11.2 Å². The van der Waals surface area contributed by atoms with Gasteiger partial charge in [-0.05, 0) is 25.0 Å². The van der Waals surface area contributed by atoms with Crippen molar-refractivity contribution < 1.29 is 14.6 Å². The molecule has 1 spiro atoms. The van der Waals surface area contributed by atoms with Crippen molar-refractivity contribution in [3.05, 3.63) is 24.3 Å². The van der Waals surface area contributed by atoms with Gasteiger partial charge in [0, 0.05) is 18.5 Å². The van der Waals surface area contributed by atoms with Crippen molar-refractivity contribution in [3.8, 4) is 5.75 Å². The standard InChI is InChI=1S/C17H23NO3/c19-16(20)11-21-15-8-4-3-7-14(15)18-12-17(13-18)9-5-1-2-6-10-17/h3-4,7-8H,1-2,5-6,9-13H2,(H,19,20). The lowest BCUT2D eigenvalue weighted by Crippen LogP contribution is -2.56. The fourth-order valence-electron chi connectivity index (χ4n) is 3.71. The number of carboxylic acid groups (broad SMARTS) is 1. The van der Waals surface area contributed by atoms with Crippen molar-refractivity contribution in [1.82, 2.24) is 0 Å². The minimum Gasteiger partial charge on any atom is -0.480 e. The van der Waals surface area contributed by atoms with Crippen LogP contribution in [0.15, 0.2) is 24.3 Å². The number of anilines is 1. The number of nitrogens with zero attached hydrogens (tertiary/aromatic N) is 1. The van der Waals surface area contributed by atoms with E-state index < -0.39 is 5.97 Å². The Bertz CT molecular complexity index is 499. The van der Waals surface area contributed by atoms with E-state index in [0.717, 1.165) is 18.8 Å². The van der Waals surface area contributed by atoms with E-state index in [2.05, 4.69) is 4.90 Å². The maximum absolute atomic E-state index is 10.7. The van der Waals surface area contributed by atoms with Gasteiger partial charge in [0.1, 0.15) is 5.75 Å². The van der Waals surface area contributed by atoms with Crippen LogP contribution >= 0.6 is 0 Å². The van der Waals surface area contributed by atoms with Gasteiger partial charge in [0.05, 0.1) is 5.69 Å². The van der Waals surface area contributed by atoms with Crippen LogP contribution in [0.2, 0.25) is 0 Å². The van der Waals surface area contributed by atoms with E-state index in [-0.39, 0.29) is 6.61 Å². The van der Waals surface area contributed by atoms with Crippen molar-refractivity contribution in [2.75, 3.05) is 24.6 Å². The van der Waals surface area contributed by atoms with Crippen molar-refractivity contribution >= 4 is 11.7 Å². The summed E-state index contributed by atoms with van der Waals surface area (Å²) in [6, 6.07) is 7.76.